The normalized spacial score (nSPS) is 13.8. The monoisotopic (exact) mass is 553 g/mol. The molecule has 0 saturated heterocycles. The number of ether oxygens (including phenoxy) is 5. The summed E-state index contributed by atoms with van der Waals surface area (Å²) >= 11 is 0. The van der Waals surface area contributed by atoms with Crippen LogP contribution in [0.2, 0.25) is 0 Å². The number of carbonyl (C=O) groups is 4. The van der Waals surface area contributed by atoms with E-state index in [1.807, 2.05) is 34.6 Å². The van der Waals surface area contributed by atoms with Crippen molar-refractivity contribution in [1.29, 1.82) is 0 Å². The summed E-state index contributed by atoms with van der Waals surface area (Å²) in [5, 5.41) is 9.70. The van der Waals surface area contributed by atoms with Gasteiger partial charge in [-0.05, 0) is 55.7 Å². The summed E-state index contributed by atoms with van der Waals surface area (Å²) in [5.74, 6) is -3.32. The molecule has 11 heteroatoms. The van der Waals surface area contributed by atoms with E-state index in [0.717, 1.165) is 0 Å². The van der Waals surface area contributed by atoms with E-state index in [1.54, 1.807) is 20.8 Å². The van der Waals surface area contributed by atoms with Crippen LogP contribution in [-0.4, -0.2) is 55.2 Å². The fourth-order valence-corrected chi connectivity index (χ4v) is 3.30. The van der Waals surface area contributed by atoms with Crippen LogP contribution in [0.3, 0.4) is 0 Å². The van der Waals surface area contributed by atoms with Gasteiger partial charge < -0.3 is 34.5 Å². The van der Waals surface area contributed by atoms with Crippen LogP contribution < -0.4 is 15.2 Å². The van der Waals surface area contributed by atoms with Crippen LogP contribution in [0.1, 0.15) is 73.3 Å². The molecular weight excluding hydrogens is 510 g/mol. The molecule has 1 aromatic rings. The first-order chi connectivity index (χ1) is 18.1. The zero-order chi connectivity index (χ0) is 29.9. The Morgan fingerprint density at radius 1 is 0.846 bits per heavy atom. The van der Waals surface area contributed by atoms with Crippen molar-refractivity contribution in [1.82, 2.24) is 0 Å². The van der Waals surface area contributed by atoms with Gasteiger partial charge in [-0.15, -0.1) is 0 Å². The molecule has 39 heavy (non-hydrogen) atoms. The molecule has 1 aromatic carbocycles. The van der Waals surface area contributed by atoms with Crippen LogP contribution in [0.5, 0.6) is 11.5 Å². The second kappa shape index (κ2) is 15.3. The minimum atomic E-state index is -1.39. The van der Waals surface area contributed by atoms with Crippen molar-refractivity contribution in [2.24, 2.45) is 28.9 Å². The summed E-state index contributed by atoms with van der Waals surface area (Å²) in [6.45, 7) is 14.6. The number of carbonyl (C=O) groups excluding carboxylic acids is 3. The average Bonchev–Trinajstić information content (AvgIpc) is 2.86. The lowest BCUT2D eigenvalue weighted by Gasteiger charge is -2.29. The Kier molecular flexibility index (Phi) is 13.2. The molecule has 0 amide bonds. The van der Waals surface area contributed by atoms with Crippen LogP contribution in [0.25, 0.3) is 0 Å². The SMILES string of the molecule is CCC(C)(C)C(=O)OCC(C)C(c1ccc(OC(=O)OCC(C)C)c(OC(=O)OCC(C)C)c1)[C@H](N)C(=O)O. The first-order valence-corrected chi connectivity index (χ1v) is 13.1. The number of benzene rings is 1. The third-order valence-electron chi connectivity index (χ3n) is 6.01. The molecule has 0 heterocycles. The molecule has 3 atom stereocenters. The Hall–Kier alpha value is -3.34. The Morgan fingerprint density at radius 2 is 1.36 bits per heavy atom. The summed E-state index contributed by atoms with van der Waals surface area (Å²) in [5.41, 5.74) is 5.71. The highest BCUT2D eigenvalue weighted by molar-refractivity contribution is 5.76. The fourth-order valence-electron chi connectivity index (χ4n) is 3.30. The van der Waals surface area contributed by atoms with Gasteiger partial charge >= 0.3 is 24.2 Å². The summed E-state index contributed by atoms with van der Waals surface area (Å²) in [4.78, 5) is 48.9. The van der Waals surface area contributed by atoms with Gasteiger partial charge in [-0.25, -0.2) is 9.59 Å². The van der Waals surface area contributed by atoms with Crippen molar-refractivity contribution in [3.63, 3.8) is 0 Å². The van der Waals surface area contributed by atoms with Gasteiger partial charge in [0.05, 0.1) is 25.2 Å². The largest absolute Gasteiger partial charge is 0.513 e. The van der Waals surface area contributed by atoms with Gasteiger partial charge in [0.15, 0.2) is 11.5 Å². The lowest BCUT2D eigenvalue weighted by Crippen LogP contribution is -2.41. The van der Waals surface area contributed by atoms with E-state index in [4.69, 9.17) is 29.4 Å². The van der Waals surface area contributed by atoms with Gasteiger partial charge in [0.1, 0.15) is 6.04 Å². The molecule has 220 valence electrons. The fraction of sp³-hybridized carbons (Fsp3) is 0.643. The molecule has 0 aliphatic carbocycles. The van der Waals surface area contributed by atoms with E-state index < -0.39 is 47.5 Å². The number of hydrogen-bond acceptors (Lipinski definition) is 10. The van der Waals surface area contributed by atoms with Crippen LogP contribution >= 0.6 is 0 Å². The highest BCUT2D eigenvalue weighted by Crippen LogP contribution is 2.36. The maximum atomic E-state index is 12.5. The first kappa shape index (κ1) is 33.7. The van der Waals surface area contributed by atoms with Gasteiger partial charge in [0.2, 0.25) is 0 Å². The van der Waals surface area contributed by atoms with E-state index >= 15 is 0 Å². The Morgan fingerprint density at radius 3 is 1.82 bits per heavy atom. The lowest BCUT2D eigenvalue weighted by atomic mass is 9.81. The molecule has 0 aromatic heterocycles. The van der Waals surface area contributed by atoms with E-state index in [0.29, 0.717) is 12.0 Å². The summed E-state index contributed by atoms with van der Waals surface area (Å²) in [6, 6.07) is 2.81. The third kappa shape index (κ3) is 11.1. The molecule has 1 rings (SSSR count). The van der Waals surface area contributed by atoms with Gasteiger partial charge in [-0.1, -0.05) is 47.6 Å². The van der Waals surface area contributed by atoms with Crippen molar-refractivity contribution < 1.29 is 48.0 Å². The van der Waals surface area contributed by atoms with Crippen LogP contribution in [0.15, 0.2) is 18.2 Å². The minimum Gasteiger partial charge on any atom is -0.480 e. The molecule has 0 radical (unpaired) electrons. The molecule has 0 bridgehead atoms. The molecular formula is C28H43NO10. The van der Waals surface area contributed by atoms with Crippen molar-refractivity contribution in [2.75, 3.05) is 19.8 Å². The smallest absolute Gasteiger partial charge is 0.480 e. The second-order valence-corrected chi connectivity index (χ2v) is 11.0. The molecule has 0 spiro atoms. The number of rotatable bonds is 14. The molecule has 0 aliphatic rings. The first-order valence-electron chi connectivity index (χ1n) is 13.1. The maximum absolute atomic E-state index is 12.5. The molecule has 2 unspecified atom stereocenters. The standard InChI is InChI=1S/C28H43NO10/c1-9-28(7,8)25(32)35-15-18(6)22(23(29)24(30)31)19-10-11-20(38-26(33)36-13-16(2)3)21(12-19)39-27(34)37-14-17(4)5/h10-12,16-18,22-23H,9,13-15,29H2,1-8H3,(H,30,31)/t18?,22?,23-/m0/s1. The molecule has 0 aliphatic heterocycles. The zero-order valence-electron chi connectivity index (χ0n) is 24.1. The highest BCUT2D eigenvalue weighted by atomic mass is 16.7. The van der Waals surface area contributed by atoms with E-state index in [2.05, 4.69) is 0 Å². The van der Waals surface area contributed by atoms with Crippen LogP contribution in [-0.2, 0) is 23.8 Å². The van der Waals surface area contributed by atoms with E-state index in [1.165, 1.54) is 18.2 Å². The van der Waals surface area contributed by atoms with E-state index in [9.17, 15) is 24.3 Å². The second-order valence-electron chi connectivity index (χ2n) is 11.0. The quantitative estimate of drug-likeness (QED) is 0.178. The van der Waals surface area contributed by atoms with Crippen molar-refractivity contribution in [3.05, 3.63) is 23.8 Å². The summed E-state index contributed by atoms with van der Waals surface area (Å²) in [7, 11) is 0. The van der Waals surface area contributed by atoms with E-state index in [-0.39, 0.29) is 43.2 Å². The third-order valence-corrected chi connectivity index (χ3v) is 6.01. The minimum absolute atomic E-state index is 0.0461. The number of aliphatic carboxylic acids is 1. The van der Waals surface area contributed by atoms with Gasteiger partial charge in [0, 0.05) is 5.92 Å². The number of esters is 1. The van der Waals surface area contributed by atoms with Crippen molar-refractivity contribution in [3.8, 4) is 11.5 Å². The van der Waals surface area contributed by atoms with Gasteiger partial charge in [-0.2, -0.15) is 0 Å². The Bertz CT molecular complexity index is 989. The predicted octanol–water partition coefficient (Wildman–Crippen LogP) is 5.14. The van der Waals surface area contributed by atoms with Crippen molar-refractivity contribution in [2.45, 2.75) is 73.8 Å². The van der Waals surface area contributed by atoms with Crippen LogP contribution in [0.4, 0.5) is 9.59 Å². The predicted molar refractivity (Wildman–Crippen MR) is 143 cm³/mol. The number of nitrogens with two attached hydrogens (primary N) is 1. The summed E-state index contributed by atoms with van der Waals surface area (Å²) in [6.07, 6.45) is -1.48. The Balaban J connectivity index is 3.36. The Labute approximate surface area is 230 Å². The lowest BCUT2D eigenvalue weighted by molar-refractivity contribution is -0.155. The zero-order valence-corrected chi connectivity index (χ0v) is 24.1. The number of hydrogen-bond donors (Lipinski definition) is 2. The molecule has 3 N–H and O–H groups in total. The van der Waals surface area contributed by atoms with Crippen LogP contribution in [0, 0.1) is 23.2 Å². The van der Waals surface area contributed by atoms with Crippen molar-refractivity contribution >= 4 is 24.2 Å². The van der Waals surface area contributed by atoms with Gasteiger partial charge in [0.25, 0.3) is 0 Å². The molecule has 0 fully saturated rings. The number of carboxylic acid groups (broad SMARTS) is 1. The molecule has 11 nitrogen and oxygen atoms in total. The number of carboxylic acids is 1. The van der Waals surface area contributed by atoms with Gasteiger partial charge in [-0.3, -0.25) is 9.59 Å². The maximum Gasteiger partial charge on any atom is 0.513 e. The average molecular weight is 554 g/mol. The highest BCUT2D eigenvalue weighted by Gasteiger charge is 2.34. The summed E-state index contributed by atoms with van der Waals surface area (Å²) < 4.78 is 26.2. The molecule has 0 saturated carbocycles. The topological polar surface area (TPSA) is 161 Å².